The summed E-state index contributed by atoms with van der Waals surface area (Å²) in [4.78, 5) is 42.8. The number of hydrogen-bond acceptors (Lipinski definition) is 4. The Kier molecular flexibility index (Phi) is 3.10. The van der Waals surface area contributed by atoms with Crippen molar-refractivity contribution in [3.8, 4) is 5.69 Å². The Morgan fingerprint density at radius 2 is 1.67 bits per heavy atom. The van der Waals surface area contributed by atoms with E-state index in [1.807, 2.05) is 0 Å². The molecule has 2 aromatic carbocycles. The van der Waals surface area contributed by atoms with E-state index in [0.29, 0.717) is 21.6 Å². The van der Waals surface area contributed by atoms with Gasteiger partial charge in [0, 0.05) is 5.02 Å². The molecular formula is C16H9ClN4O3. The zero-order valence-electron chi connectivity index (χ0n) is 12.1. The van der Waals surface area contributed by atoms with Crippen molar-refractivity contribution in [2.45, 2.75) is 0 Å². The summed E-state index contributed by atoms with van der Waals surface area (Å²) in [5, 5.41) is 0.829. The molecule has 4 aromatic rings. The Morgan fingerprint density at radius 3 is 2.42 bits per heavy atom. The Bertz CT molecular complexity index is 1270. The van der Waals surface area contributed by atoms with Crippen molar-refractivity contribution in [3.63, 3.8) is 0 Å². The number of hydrogen-bond donors (Lipinski definition) is 1. The van der Waals surface area contributed by atoms with Crippen molar-refractivity contribution < 1.29 is 0 Å². The number of aromatic nitrogens is 4. The van der Waals surface area contributed by atoms with E-state index in [4.69, 9.17) is 11.6 Å². The number of aromatic amines is 1. The molecule has 0 unspecified atom stereocenters. The van der Waals surface area contributed by atoms with Gasteiger partial charge in [-0.25, -0.2) is 18.6 Å². The smallest absolute Gasteiger partial charge is 0.268 e. The Balaban J connectivity index is 2.33. The highest BCUT2D eigenvalue weighted by atomic mass is 35.5. The highest BCUT2D eigenvalue weighted by Crippen LogP contribution is 2.16. The Morgan fingerprint density at radius 1 is 0.958 bits per heavy atom. The van der Waals surface area contributed by atoms with E-state index in [1.165, 1.54) is 8.97 Å². The van der Waals surface area contributed by atoms with E-state index in [-0.39, 0.29) is 11.3 Å². The molecule has 7 nitrogen and oxygen atoms in total. The van der Waals surface area contributed by atoms with Crippen LogP contribution in [0.2, 0.25) is 5.02 Å². The van der Waals surface area contributed by atoms with Crippen molar-refractivity contribution in [2.24, 2.45) is 0 Å². The Labute approximate surface area is 138 Å². The number of halogens is 1. The molecule has 0 atom stereocenters. The van der Waals surface area contributed by atoms with Gasteiger partial charge >= 0.3 is 11.4 Å². The molecule has 2 aromatic heterocycles. The molecule has 0 amide bonds. The molecule has 0 saturated carbocycles. The van der Waals surface area contributed by atoms with Crippen LogP contribution in [0.1, 0.15) is 0 Å². The van der Waals surface area contributed by atoms with Crippen LogP contribution in [0.3, 0.4) is 0 Å². The van der Waals surface area contributed by atoms with E-state index in [1.54, 1.807) is 48.5 Å². The van der Waals surface area contributed by atoms with Gasteiger partial charge in [0.1, 0.15) is 0 Å². The standard InChI is InChI=1S/C16H9ClN4O3/c17-9-5-7-10(8-6-9)20-13(22)11-3-1-2-4-12(11)21-15(20)18-14(23)19-16(21)24/h1-8H,(H,19,23,24). The minimum absolute atomic E-state index is 0.0604. The maximum atomic E-state index is 12.9. The fourth-order valence-electron chi connectivity index (χ4n) is 2.66. The molecule has 1 N–H and O–H groups in total. The molecule has 24 heavy (non-hydrogen) atoms. The fraction of sp³-hybridized carbons (Fsp3) is 0. The summed E-state index contributed by atoms with van der Waals surface area (Å²) in [5.41, 5.74) is -1.05. The third kappa shape index (κ3) is 2.06. The first-order valence-electron chi connectivity index (χ1n) is 6.99. The molecule has 0 aliphatic rings. The van der Waals surface area contributed by atoms with Gasteiger partial charge in [-0.3, -0.25) is 9.78 Å². The number of rotatable bonds is 1. The third-order valence-electron chi connectivity index (χ3n) is 3.68. The first kappa shape index (κ1) is 14.4. The molecule has 0 radical (unpaired) electrons. The zero-order chi connectivity index (χ0) is 16.8. The van der Waals surface area contributed by atoms with Gasteiger partial charge in [0.15, 0.2) is 0 Å². The second-order valence-electron chi connectivity index (χ2n) is 5.12. The lowest BCUT2D eigenvalue weighted by Crippen LogP contribution is -2.34. The van der Waals surface area contributed by atoms with E-state index in [2.05, 4.69) is 9.97 Å². The van der Waals surface area contributed by atoms with Crippen LogP contribution < -0.4 is 16.9 Å². The van der Waals surface area contributed by atoms with Crippen LogP contribution in [0.15, 0.2) is 62.9 Å². The molecule has 0 saturated heterocycles. The number of H-pyrrole nitrogens is 1. The highest BCUT2D eigenvalue weighted by molar-refractivity contribution is 6.30. The summed E-state index contributed by atoms with van der Waals surface area (Å²) in [7, 11) is 0. The van der Waals surface area contributed by atoms with Crippen LogP contribution in [0.4, 0.5) is 0 Å². The summed E-state index contributed by atoms with van der Waals surface area (Å²) in [6, 6.07) is 13.1. The quantitative estimate of drug-likeness (QED) is 0.529. The predicted octanol–water partition coefficient (Wildman–Crippen LogP) is 1.34. The normalized spacial score (nSPS) is 11.2. The first-order valence-corrected chi connectivity index (χ1v) is 7.37. The van der Waals surface area contributed by atoms with Crippen LogP contribution in [0, 0.1) is 0 Å². The van der Waals surface area contributed by atoms with Crippen molar-refractivity contribution in [3.05, 3.63) is 84.9 Å². The third-order valence-corrected chi connectivity index (χ3v) is 3.93. The number of benzene rings is 2. The summed E-state index contributed by atoms with van der Waals surface area (Å²) in [5.74, 6) is -0.0604. The van der Waals surface area contributed by atoms with Gasteiger partial charge in [-0.2, -0.15) is 4.98 Å². The minimum Gasteiger partial charge on any atom is -0.268 e. The molecule has 0 aliphatic carbocycles. The van der Waals surface area contributed by atoms with Gasteiger partial charge < -0.3 is 0 Å². The maximum Gasteiger partial charge on any atom is 0.352 e. The second kappa shape index (κ2) is 5.17. The highest BCUT2D eigenvalue weighted by Gasteiger charge is 2.15. The van der Waals surface area contributed by atoms with Crippen molar-refractivity contribution >= 4 is 28.3 Å². The summed E-state index contributed by atoms with van der Waals surface area (Å²) < 4.78 is 2.42. The van der Waals surface area contributed by atoms with Crippen molar-refractivity contribution in [1.82, 2.24) is 18.9 Å². The molecule has 118 valence electrons. The monoisotopic (exact) mass is 340 g/mol. The minimum atomic E-state index is -0.822. The predicted molar refractivity (Wildman–Crippen MR) is 90.2 cm³/mol. The lowest BCUT2D eigenvalue weighted by Gasteiger charge is -2.12. The fourth-order valence-corrected chi connectivity index (χ4v) is 2.78. The topological polar surface area (TPSA) is 89.2 Å². The van der Waals surface area contributed by atoms with Crippen molar-refractivity contribution in [1.29, 1.82) is 0 Å². The number of para-hydroxylation sites is 1. The summed E-state index contributed by atoms with van der Waals surface area (Å²) in [6.07, 6.45) is 0. The van der Waals surface area contributed by atoms with Gasteiger partial charge in [0.25, 0.3) is 5.56 Å². The van der Waals surface area contributed by atoms with Gasteiger partial charge in [-0.15, -0.1) is 0 Å². The van der Waals surface area contributed by atoms with Crippen molar-refractivity contribution in [2.75, 3.05) is 0 Å². The lowest BCUT2D eigenvalue weighted by atomic mass is 10.2. The van der Waals surface area contributed by atoms with E-state index in [0.717, 1.165) is 0 Å². The molecule has 0 fully saturated rings. The van der Waals surface area contributed by atoms with Crippen LogP contribution in [-0.4, -0.2) is 18.9 Å². The van der Waals surface area contributed by atoms with Crippen LogP contribution in [-0.2, 0) is 0 Å². The molecule has 8 heteroatoms. The van der Waals surface area contributed by atoms with E-state index >= 15 is 0 Å². The number of nitrogens with zero attached hydrogens (tertiary/aromatic N) is 3. The van der Waals surface area contributed by atoms with Gasteiger partial charge in [-0.05, 0) is 36.4 Å². The molecule has 4 rings (SSSR count). The lowest BCUT2D eigenvalue weighted by molar-refractivity contribution is 0.855. The number of fused-ring (bicyclic) bond motifs is 3. The molecule has 0 aliphatic heterocycles. The van der Waals surface area contributed by atoms with Gasteiger partial charge in [0.2, 0.25) is 5.78 Å². The SMILES string of the molecule is O=c1nc2n(-c3ccc(Cl)cc3)c(=O)c3ccccc3n2c(=O)[nH]1. The summed E-state index contributed by atoms with van der Waals surface area (Å²) in [6.45, 7) is 0. The maximum absolute atomic E-state index is 12.9. The second-order valence-corrected chi connectivity index (χ2v) is 5.55. The summed E-state index contributed by atoms with van der Waals surface area (Å²) >= 11 is 5.89. The molecular weight excluding hydrogens is 332 g/mol. The average molecular weight is 341 g/mol. The molecule has 0 spiro atoms. The Hall–Kier alpha value is -3.19. The molecule has 2 heterocycles. The van der Waals surface area contributed by atoms with Crippen LogP contribution in [0.5, 0.6) is 0 Å². The van der Waals surface area contributed by atoms with Crippen LogP contribution >= 0.6 is 11.6 Å². The number of nitrogens with one attached hydrogen (secondary N) is 1. The van der Waals surface area contributed by atoms with E-state index in [9.17, 15) is 14.4 Å². The molecule has 0 bridgehead atoms. The van der Waals surface area contributed by atoms with E-state index < -0.39 is 11.4 Å². The van der Waals surface area contributed by atoms with Gasteiger partial charge in [-0.1, -0.05) is 23.7 Å². The average Bonchev–Trinajstić information content (AvgIpc) is 2.56. The largest absolute Gasteiger partial charge is 0.352 e. The van der Waals surface area contributed by atoms with Crippen LogP contribution in [0.25, 0.3) is 22.4 Å². The first-order chi connectivity index (χ1) is 11.6. The zero-order valence-corrected chi connectivity index (χ0v) is 12.8. The van der Waals surface area contributed by atoms with Gasteiger partial charge in [0.05, 0.1) is 16.6 Å².